The van der Waals surface area contributed by atoms with Crippen LogP contribution in [-0.2, 0) is 0 Å². The van der Waals surface area contributed by atoms with Gasteiger partial charge in [-0.1, -0.05) is 27.7 Å². The number of rotatable bonds is 3. The number of aliphatic imine (C=N–C) groups is 2. The summed E-state index contributed by atoms with van der Waals surface area (Å²) in [6, 6.07) is 0.351. The second-order valence-corrected chi connectivity index (χ2v) is 2.90. The van der Waals surface area contributed by atoms with E-state index in [0.717, 1.165) is 0 Å². The summed E-state index contributed by atoms with van der Waals surface area (Å²) in [6.45, 7) is 12.2. The molecule has 0 aromatic carbocycles. The third-order valence-electron chi connectivity index (χ3n) is 0.816. The van der Waals surface area contributed by atoms with Gasteiger partial charge < -0.3 is 0 Å². The number of hydrogen-bond acceptors (Lipinski definition) is 1. The summed E-state index contributed by atoms with van der Waals surface area (Å²) in [4.78, 5) is 8.07. The Morgan fingerprint density at radius 1 is 1.00 bits per heavy atom. The predicted molar refractivity (Wildman–Crippen MR) is 58.3 cm³/mol. The van der Waals surface area contributed by atoms with Crippen molar-refractivity contribution in [2.45, 2.75) is 47.6 Å². The molecule has 2 nitrogen and oxygen atoms in total. The molecule has 0 aromatic heterocycles. The van der Waals surface area contributed by atoms with E-state index in [2.05, 4.69) is 23.8 Å². The zero-order valence-corrected chi connectivity index (χ0v) is 9.20. The third kappa shape index (κ3) is 16.2. The Morgan fingerprint density at radius 3 is 1.83 bits per heavy atom. The summed E-state index contributed by atoms with van der Waals surface area (Å²) in [5.74, 6) is 0.513. The van der Waals surface area contributed by atoms with Crippen molar-refractivity contribution >= 4 is 12.6 Å². The van der Waals surface area contributed by atoms with Crippen molar-refractivity contribution in [2.24, 2.45) is 15.9 Å². The molecule has 0 aliphatic carbocycles. The van der Waals surface area contributed by atoms with Crippen LogP contribution >= 0.6 is 0 Å². The van der Waals surface area contributed by atoms with E-state index in [0.29, 0.717) is 12.0 Å². The molecule has 0 saturated heterocycles. The molecule has 2 heteroatoms. The monoisotopic (exact) mass is 170 g/mol. The maximum atomic E-state index is 4.07. The van der Waals surface area contributed by atoms with E-state index >= 15 is 0 Å². The van der Waals surface area contributed by atoms with Gasteiger partial charge in [-0.3, -0.25) is 4.99 Å². The summed E-state index contributed by atoms with van der Waals surface area (Å²) < 4.78 is 0. The van der Waals surface area contributed by atoms with E-state index in [9.17, 15) is 0 Å². The molecule has 0 amide bonds. The van der Waals surface area contributed by atoms with Crippen LogP contribution in [0.3, 0.4) is 0 Å². The van der Waals surface area contributed by atoms with Crippen LogP contribution in [-0.4, -0.2) is 18.6 Å². The van der Waals surface area contributed by atoms with Crippen molar-refractivity contribution in [3.63, 3.8) is 0 Å². The fraction of sp³-hybridized carbons (Fsp3) is 0.800. The van der Waals surface area contributed by atoms with E-state index < -0.39 is 0 Å². The Morgan fingerprint density at radius 2 is 1.50 bits per heavy atom. The molecule has 0 saturated carbocycles. The Labute approximate surface area is 76.8 Å². The normalized spacial score (nSPS) is 11.3. The molecule has 12 heavy (non-hydrogen) atoms. The van der Waals surface area contributed by atoms with E-state index in [1.54, 1.807) is 6.34 Å². The first-order valence-corrected chi connectivity index (χ1v) is 4.68. The standard InChI is InChI=1S/C8H16N2.C2H6/c1-7(2)5-9-6-10-8(3)4;1-2/h5-8H,1-4H3;1-2H3. The first-order chi connectivity index (χ1) is 5.63. The number of nitrogens with zero attached hydrogens (tertiary/aromatic N) is 2. The van der Waals surface area contributed by atoms with Gasteiger partial charge in [-0.15, -0.1) is 0 Å². The van der Waals surface area contributed by atoms with Gasteiger partial charge >= 0.3 is 0 Å². The highest BCUT2D eigenvalue weighted by Crippen LogP contribution is 1.85. The highest BCUT2D eigenvalue weighted by molar-refractivity contribution is 5.73. The Bertz CT molecular complexity index is 108. The summed E-state index contributed by atoms with van der Waals surface area (Å²) in [6.07, 6.45) is 3.50. The topological polar surface area (TPSA) is 24.7 Å². The predicted octanol–water partition coefficient (Wildman–Crippen LogP) is 3.18. The van der Waals surface area contributed by atoms with Crippen molar-refractivity contribution in [1.29, 1.82) is 0 Å². The maximum Gasteiger partial charge on any atom is 0.109 e. The van der Waals surface area contributed by atoms with Crippen LogP contribution in [0.2, 0.25) is 0 Å². The molecule has 0 atom stereocenters. The van der Waals surface area contributed by atoms with Gasteiger partial charge in [0.05, 0.1) is 0 Å². The zero-order chi connectivity index (χ0) is 9.98. The summed E-state index contributed by atoms with van der Waals surface area (Å²) in [5.41, 5.74) is 0. The van der Waals surface area contributed by atoms with Gasteiger partial charge in [0, 0.05) is 12.3 Å². The molecule has 0 radical (unpaired) electrons. The molecule has 0 aromatic rings. The van der Waals surface area contributed by atoms with Gasteiger partial charge in [0.25, 0.3) is 0 Å². The minimum Gasteiger partial charge on any atom is -0.271 e. The van der Waals surface area contributed by atoms with Crippen molar-refractivity contribution in [3.05, 3.63) is 0 Å². The van der Waals surface area contributed by atoms with Gasteiger partial charge in [-0.25, -0.2) is 4.99 Å². The molecule has 0 spiro atoms. The van der Waals surface area contributed by atoms with E-state index in [1.807, 2.05) is 33.9 Å². The summed E-state index contributed by atoms with van der Waals surface area (Å²) in [5, 5.41) is 0. The smallest absolute Gasteiger partial charge is 0.109 e. The molecular formula is C10H22N2. The Kier molecular flexibility index (Phi) is 12.0. The Hall–Kier alpha value is -0.660. The molecule has 0 aliphatic heterocycles. The molecule has 0 heterocycles. The molecule has 0 rings (SSSR count). The zero-order valence-electron chi connectivity index (χ0n) is 9.20. The van der Waals surface area contributed by atoms with Crippen molar-refractivity contribution in [1.82, 2.24) is 0 Å². The van der Waals surface area contributed by atoms with Gasteiger partial charge in [-0.2, -0.15) is 0 Å². The highest BCUT2D eigenvalue weighted by Gasteiger charge is 1.82. The fourth-order valence-electron chi connectivity index (χ4n) is 0.382. The van der Waals surface area contributed by atoms with Crippen LogP contribution in [0, 0.1) is 5.92 Å². The molecule has 0 aliphatic rings. The minimum absolute atomic E-state index is 0.351. The van der Waals surface area contributed by atoms with Gasteiger partial charge in [0.1, 0.15) is 6.34 Å². The van der Waals surface area contributed by atoms with Crippen molar-refractivity contribution in [3.8, 4) is 0 Å². The average Bonchev–Trinajstić information content (AvgIpc) is 2.02. The lowest BCUT2D eigenvalue weighted by Crippen LogP contribution is -1.90. The lowest BCUT2D eigenvalue weighted by molar-refractivity contribution is 0.838. The molecule has 0 bridgehead atoms. The fourth-order valence-corrected chi connectivity index (χ4v) is 0.382. The lowest BCUT2D eigenvalue weighted by Gasteiger charge is -1.91. The molecule has 0 unspecified atom stereocenters. The van der Waals surface area contributed by atoms with E-state index in [1.165, 1.54) is 0 Å². The summed E-state index contributed by atoms with van der Waals surface area (Å²) in [7, 11) is 0. The second-order valence-electron chi connectivity index (χ2n) is 2.90. The summed E-state index contributed by atoms with van der Waals surface area (Å²) >= 11 is 0. The van der Waals surface area contributed by atoms with Crippen molar-refractivity contribution in [2.75, 3.05) is 0 Å². The van der Waals surface area contributed by atoms with E-state index in [4.69, 9.17) is 0 Å². The SMILES string of the molecule is CC.CC(C)C=NC=NC(C)C. The molecule has 72 valence electrons. The van der Waals surface area contributed by atoms with E-state index in [-0.39, 0.29) is 0 Å². The van der Waals surface area contributed by atoms with Gasteiger partial charge in [-0.05, 0) is 19.8 Å². The first-order valence-electron chi connectivity index (χ1n) is 4.68. The minimum atomic E-state index is 0.351. The third-order valence-corrected chi connectivity index (χ3v) is 0.816. The second kappa shape index (κ2) is 10.3. The first kappa shape index (κ1) is 13.9. The quantitative estimate of drug-likeness (QED) is 0.459. The average molecular weight is 170 g/mol. The van der Waals surface area contributed by atoms with Crippen LogP contribution in [0.15, 0.2) is 9.98 Å². The van der Waals surface area contributed by atoms with Gasteiger partial charge in [0.2, 0.25) is 0 Å². The highest BCUT2D eigenvalue weighted by atomic mass is 14.9. The number of hydrogen-bond donors (Lipinski definition) is 0. The van der Waals surface area contributed by atoms with Crippen LogP contribution in [0.5, 0.6) is 0 Å². The van der Waals surface area contributed by atoms with Crippen LogP contribution < -0.4 is 0 Å². The maximum absolute atomic E-state index is 4.07. The van der Waals surface area contributed by atoms with Crippen LogP contribution in [0.1, 0.15) is 41.5 Å². The van der Waals surface area contributed by atoms with Crippen LogP contribution in [0.4, 0.5) is 0 Å². The van der Waals surface area contributed by atoms with Crippen LogP contribution in [0.25, 0.3) is 0 Å². The van der Waals surface area contributed by atoms with Gasteiger partial charge in [0.15, 0.2) is 0 Å². The lowest BCUT2D eigenvalue weighted by atomic mass is 10.3. The molecule has 0 N–H and O–H groups in total. The Balaban J connectivity index is 0. The molecular weight excluding hydrogens is 148 g/mol. The van der Waals surface area contributed by atoms with Crippen molar-refractivity contribution < 1.29 is 0 Å². The largest absolute Gasteiger partial charge is 0.271 e. The molecule has 0 fully saturated rings.